The van der Waals surface area contributed by atoms with Crippen LogP contribution in [0.4, 0.5) is 0 Å². The van der Waals surface area contributed by atoms with Gasteiger partial charge in [0.05, 0.1) is 0 Å². The quantitative estimate of drug-likeness (QED) is 0.763. The lowest BCUT2D eigenvalue weighted by molar-refractivity contribution is 0.317. The summed E-state index contributed by atoms with van der Waals surface area (Å²) < 4.78 is 0. The highest BCUT2D eigenvalue weighted by Gasteiger charge is 2.23. The molecule has 94 valence electrons. The molecule has 2 heterocycles. The second-order valence-electron chi connectivity index (χ2n) is 6.50. The van der Waals surface area contributed by atoms with Crippen LogP contribution in [-0.2, 0) is 6.04 Å². The van der Waals surface area contributed by atoms with Crippen molar-refractivity contribution in [1.82, 2.24) is 9.88 Å². The third-order valence-electron chi connectivity index (χ3n) is 3.46. The molecule has 0 saturated carbocycles. The maximum atomic E-state index is 4.44. The maximum Gasteiger partial charge on any atom is 0.0487 e. The van der Waals surface area contributed by atoms with Crippen LogP contribution in [0, 0.1) is 0 Å². The van der Waals surface area contributed by atoms with Gasteiger partial charge >= 0.3 is 0 Å². The highest BCUT2D eigenvalue weighted by atomic mass is 28.3. The summed E-state index contributed by atoms with van der Waals surface area (Å²) in [5.74, 6) is 0. The van der Waals surface area contributed by atoms with E-state index in [1.807, 2.05) is 0 Å². The molecule has 1 aliphatic heterocycles. The van der Waals surface area contributed by atoms with Gasteiger partial charge in [-0.2, -0.15) is 0 Å². The monoisotopic (exact) mass is 248 g/mol. The number of likely N-dealkylation sites (tertiary alicyclic amines) is 1. The third kappa shape index (κ3) is 3.39. The van der Waals surface area contributed by atoms with Crippen molar-refractivity contribution >= 4 is 8.07 Å². The van der Waals surface area contributed by atoms with Crippen molar-refractivity contribution in [3.05, 3.63) is 29.6 Å². The molecule has 1 saturated heterocycles. The van der Waals surface area contributed by atoms with E-state index in [1.54, 1.807) is 0 Å². The van der Waals surface area contributed by atoms with E-state index >= 15 is 0 Å². The van der Waals surface area contributed by atoms with Gasteiger partial charge in [-0.25, -0.2) is 0 Å². The van der Waals surface area contributed by atoms with Crippen LogP contribution in [0.2, 0.25) is 19.6 Å². The van der Waals surface area contributed by atoms with E-state index in [-0.39, 0.29) is 0 Å². The lowest BCUT2D eigenvalue weighted by Crippen LogP contribution is -2.24. The fraction of sp³-hybridized carbons (Fsp3) is 0.643. The van der Waals surface area contributed by atoms with Crippen LogP contribution in [0.25, 0.3) is 0 Å². The molecule has 0 amide bonds. The largest absolute Gasteiger partial charge is 0.299 e. The van der Waals surface area contributed by atoms with Gasteiger partial charge in [0.2, 0.25) is 0 Å². The van der Waals surface area contributed by atoms with Gasteiger partial charge in [-0.05, 0) is 43.6 Å². The normalized spacial score (nSPS) is 22.0. The molecule has 17 heavy (non-hydrogen) atoms. The number of nitrogens with zero attached hydrogens (tertiary/aromatic N) is 2. The average molecular weight is 248 g/mol. The fourth-order valence-corrected chi connectivity index (χ4v) is 4.15. The number of rotatable bonds is 3. The first-order chi connectivity index (χ1) is 7.96. The molecule has 0 aromatic carbocycles. The average Bonchev–Trinajstić information content (AvgIpc) is 2.62. The Hall–Kier alpha value is -0.673. The van der Waals surface area contributed by atoms with Gasteiger partial charge in [-0.1, -0.05) is 25.7 Å². The molecule has 1 aliphatic rings. The molecule has 0 radical (unpaired) electrons. The van der Waals surface area contributed by atoms with E-state index in [0.29, 0.717) is 6.04 Å². The molecule has 1 fully saturated rings. The maximum absolute atomic E-state index is 4.44. The molecule has 1 atom stereocenters. The zero-order valence-corrected chi connectivity index (χ0v) is 12.5. The standard InChI is InChI=1S/C14H24N2Si/c1-16-7-5-6-14(16)13-8-12(9-15-10-13)11-17(2,3)4/h8-10,14H,5-7,11H2,1-4H3/t14-/m0/s1. The summed E-state index contributed by atoms with van der Waals surface area (Å²) in [6.07, 6.45) is 6.71. The van der Waals surface area contributed by atoms with Gasteiger partial charge in [0, 0.05) is 26.5 Å². The van der Waals surface area contributed by atoms with Crippen LogP contribution in [0.5, 0.6) is 0 Å². The van der Waals surface area contributed by atoms with E-state index in [2.05, 4.69) is 55.0 Å². The zero-order chi connectivity index (χ0) is 12.5. The molecule has 2 rings (SSSR count). The van der Waals surface area contributed by atoms with Crippen LogP contribution in [0.15, 0.2) is 18.5 Å². The Kier molecular flexibility index (Phi) is 3.69. The summed E-state index contributed by atoms with van der Waals surface area (Å²) in [6.45, 7) is 8.48. The van der Waals surface area contributed by atoms with E-state index in [1.165, 1.54) is 36.6 Å². The molecule has 1 aromatic rings. The van der Waals surface area contributed by atoms with Crippen LogP contribution in [0.1, 0.15) is 30.0 Å². The smallest absolute Gasteiger partial charge is 0.0487 e. The minimum atomic E-state index is -1.03. The molecule has 0 aliphatic carbocycles. The van der Waals surface area contributed by atoms with Crippen molar-refractivity contribution in [2.24, 2.45) is 0 Å². The number of pyridine rings is 1. The minimum absolute atomic E-state index is 0.601. The number of hydrogen-bond acceptors (Lipinski definition) is 2. The van der Waals surface area contributed by atoms with E-state index in [9.17, 15) is 0 Å². The molecule has 0 unspecified atom stereocenters. The van der Waals surface area contributed by atoms with Crippen molar-refractivity contribution in [3.8, 4) is 0 Å². The summed E-state index contributed by atoms with van der Waals surface area (Å²) in [4.78, 5) is 6.90. The van der Waals surface area contributed by atoms with Crippen molar-refractivity contribution in [1.29, 1.82) is 0 Å². The van der Waals surface area contributed by atoms with Gasteiger partial charge in [-0.3, -0.25) is 9.88 Å². The van der Waals surface area contributed by atoms with Gasteiger partial charge < -0.3 is 0 Å². The molecular formula is C14H24N2Si. The molecule has 3 heteroatoms. The first kappa shape index (κ1) is 12.8. The van der Waals surface area contributed by atoms with E-state index < -0.39 is 8.07 Å². The molecule has 0 bridgehead atoms. The SMILES string of the molecule is CN1CCC[C@H]1c1cncc(C[Si](C)(C)C)c1. The fourth-order valence-electron chi connectivity index (χ4n) is 2.73. The van der Waals surface area contributed by atoms with Crippen molar-refractivity contribution in [2.75, 3.05) is 13.6 Å². The Morgan fingerprint density at radius 1 is 1.35 bits per heavy atom. The Morgan fingerprint density at radius 2 is 2.12 bits per heavy atom. The minimum Gasteiger partial charge on any atom is -0.299 e. The van der Waals surface area contributed by atoms with Gasteiger partial charge in [0.1, 0.15) is 0 Å². The van der Waals surface area contributed by atoms with Crippen molar-refractivity contribution in [3.63, 3.8) is 0 Å². The first-order valence-electron chi connectivity index (χ1n) is 6.60. The second-order valence-corrected chi connectivity index (χ2v) is 12.0. The number of hydrogen-bond donors (Lipinski definition) is 0. The Bertz CT molecular complexity index is 384. The summed E-state index contributed by atoms with van der Waals surface area (Å²) in [5, 5.41) is 0. The predicted octanol–water partition coefficient (Wildman–Crippen LogP) is 3.27. The molecule has 0 N–H and O–H groups in total. The highest BCUT2D eigenvalue weighted by molar-refractivity contribution is 6.75. The third-order valence-corrected chi connectivity index (χ3v) is 4.92. The Morgan fingerprint density at radius 3 is 2.71 bits per heavy atom. The Labute approximate surface area is 106 Å². The molecular weight excluding hydrogens is 224 g/mol. The summed E-state index contributed by atoms with van der Waals surface area (Å²) in [6, 6.07) is 4.23. The van der Waals surface area contributed by atoms with Crippen molar-refractivity contribution < 1.29 is 0 Å². The summed E-state index contributed by atoms with van der Waals surface area (Å²) in [5.41, 5.74) is 2.85. The van der Waals surface area contributed by atoms with Crippen LogP contribution < -0.4 is 0 Å². The van der Waals surface area contributed by atoms with Crippen LogP contribution >= 0.6 is 0 Å². The van der Waals surface area contributed by atoms with Gasteiger partial charge in [0.25, 0.3) is 0 Å². The highest BCUT2D eigenvalue weighted by Crippen LogP contribution is 2.30. The topological polar surface area (TPSA) is 16.1 Å². The van der Waals surface area contributed by atoms with Gasteiger partial charge in [-0.15, -0.1) is 0 Å². The van der Waals surface area contributed by atoms with Gasteiger partial charge in [0.15, 0.2) is 0 Å². The molecule has 0 spiro atoms. The number of aromatic nitrogens is 1. The van der Waals surface area contributed by atoms with E-state index in [4.69, 9.17) is 0 Å². The van der Waals surface area contributed by atoms with Crippen LogP contribution in [-0.4, -0.2) is 31.6 Å². The summed E-state index contributed by atoms with van der Waals surface area (Å²) >= 11 is 0. The predicted molar refractivity (Wildman–Crippen MR) is 75.9 cm³/mol. The first-order valence-corrected chi connectivity index (χ1v) is 10.3. The van der Waals surface area contributed by atoms with Crippen LogP contribution in [0.3, 0.4) is 0 Å². The lowest BCUT2D eigenvalue weighted by atomic mass is 10.1. The van der Waals surface area contributed by atoms with Crippen molar-refractivity contribution in [2.45, 2.75) is 44.6 Å². The lowest BCUT2D eigenvalue weighted by Gasteiger charge is -2.21. The Balaban J connectivity index is 2.16. The van der Waals surface area contributed by atoms with E-state index in [0.717, 1.165) is 0 Å². The second kappa shape index (κ2) is 4.90. The summed E-state index contributed by atoms with van der Waals surface area (Å²) in [7, 11) is 1.19. The molecule has 1 aromatic heterocycles. The zero-order valence-electron chi connectivity index (χ0n) is 11.5. The molecule has 2 nitrogen and oxygen atoms in total.